The van der Waals surface area contributed by atoms with Crippen LogP contribution in [0.1, 0.15) is 128 Å². The first-order chi connectivity index (χ1) is 16.2. The van der Waals surface area contributed by atoms with E-state index in [1.807, 2.05) is 0 Å². The fourth-order valence-corrected chi connectivity index (χ4v) is 7.42. The highest BCUT2D eigenvalue weighted by Crippen LogP contribution is 2.43. The summed E-state index contributed by atoms with van der Waals surface area (Å²) in [6.07, 6.45) is 21.7. The van der Waals surface area contributed by atoms with Crippen molar-refractivity contribution < 1.29 is 4.74 Å². The van der Waals surface area contributed by atoms with Gasteiger partial charge in [-0.05, 0) is 111 Å². The fourth-order valence-electron chi connectivity index (χ4n) is 7.42. The quantitative estimate of drug-likeness (QED) is 0.310. The maximum atomic E-state index is 8.59. The summed E-state index contributed by atoms with van der Waals surface area (Å²) in [4.78, 5) is 0. The second-order valence-electron chi connectivity index (χ2n) is 11.7. The Labute approximate surface area is 203 Å². The Hall–Kier alpha value is -1.31. The van der Waals surface area contributed by atoms with E-state index >= 15 is 0 Å². The minimum atomic E-state index is 0.325. The molecule has 0 radical (unpaired) electrons. The van der Waals surface area contributed by atoms with Crippen LogP contribution in [0.4, 0.5) is 0 Å². The zero-order valence-electron chi connectivity index (χ0n) is 21.5. The first-order valence-electron chi connectivity index (χ1n) is 14.5. The van der Waals surface area contributed by atoms with Crippen LogP contribution >= 0.6 is 0 Å². The average Bonchev–Trinajstić information content (AvgIpc) is 2.86. The van der Waals surface area contributed by atoms with Gasteiger partial charge in [-0.15, -0.1) is 0 Å². The zero-order chi connectivity index (χ0) is 23.0. The van der Waals surface area contributed by atoms with Crippen molar-refractivity contribution in [2.24, 2.45) is 29.6 Å². The zero-order valence-corrected chi connectivity index (χ0v) is 21.5. The molecule has 1 aromatic carbocycles. The van der Waals surface area contributed by atoms with Crippen LogP contribution in [0.15, 0.2) is 24.3 Å². The Kier molecular flexibility index (Phi) is 9.33. The molecule has 3 fully saturated rings. The first kappa shape index (κ1) is 24.8. The molecule has 0 aliphatic heterocycles. The van der Waals surface area contributed by atoms with Crippen LogP contribution < -0.4 is 4.74 Å². The average molecular weight is 452 g/mol. The standard InChI is InChI=1S/C31H49NO/c1-3-5-23-7-11-25(12-8-23)27-15-17-29(18-16-27)31(32)33-30-21-19-28(20-22-30)26-13-9-24(6-4-2)10-14-26/h19-27,29,32H,3-18H2,1-2H3. The van der Waals surface area contributed by atoms with Crippen LogP contribution in [0, 0.1) is 35.0 Å². The Balaban J connectivity index is 1.19. The number of benzene rings is 1. The van der Waals surface area contributed by atoms with Crippen LogP contribution in [-0.2, 0) is 0 Å². The van der Waals surface area contributed by atoms with Crippen LogP contribution in [0.3, 0.4) is 0 Å². The molecule has 33 heavy (non-hydrogen) atoms. The van der Waals surface area contributed by atoms with E-state index in [0.29, 0.717) is 11.8 Å². The molecule has 1 N–H and O–H groups in total. The van der Waals surface area contributed by atoms with Gasteiger partial charge in [0.25, 0.3) is 0 Å². The molecule has 0 amide bonds. The minimum absolute atomic E-state index is 0.325. The molecule has 4 rings (SSSR count). The molecule has 0 unspecified atom stereocenters. The fraction of sp³-hybridized carbons (Fsp3) is 0.774. The van der Waals surface area contributed by atoms with E-state index in [1.54, 1.807) is 0 Å². The van der Waals surface area contributed by atoms with Crippen LogP contribution in [0.5, 0.6) is 5.75 Å². The molecule has 3 saturated carbocycles. The predicted molar refractivity (Wildman–Crippen MR) is 140 cm³/mol. The van der Waals surface area contributed by atoms with Gasteiger partial charge in [-0.25, -0.2) is 0 Å². The lowest BCUT2D eigenvalue weighted by Gasteiger charge is -2.37. The third kappa shape index (κ3) is 6.86. The topological polar surface area (TPSA) is 33.1 Å². The van der Waals surface area contributed by atoms with Crippen molar-refractivity contribution >= 4 is 5.90 Å². The van der Waals surface area contributed by atoms with Gasteiger partial charge in [0.2, 0.25) is 0 Å². The van der Waals surface area contributed by atoms with Crippen LogP contribution in [0.25, 0.3) is 0 Å². The van der Waals surface area contributed by atoms with Gasteiger partial charge in [0.05, 0.1) is 0 Å². The molecule has 0 bridgehead atoms. The lowest BCUT2D eigenvalue weighted by molar-refractivity contribution is 0.152. The molecule has 2 heteroatoms. The molecule has 3 aliphatic carbocycles. The van der Waals surface area contributed by atoms with Crippen LogP contribution in [-0.4, -0.2) is 5.90 Å². The summed E-state index contributed by atoms with van der Waals surface area (Å²) in [6.45, 7) is 4.64. The highest BCUT2D eigenvalue weighted by atomic mass is 16.5. The Bertz CT molecular complexity index is 701. The van der Waals surface area contributed by atoms with Crippen molar-refractivity contribution in [3.8, 4) is 5.75 Å². The summed E-state index contributed by atoms with van der Waals surface area (Å²) >= 11 is 0. The summed E-state index contributed by atoms with van der Waals surface area (Å²) < 4.78 is 6.05. The van der Waals surface area contributed by atoms with Gasteiger partial charge in [0.1, 0.15) is 5.75 Å². The second kappa shape index (κ2) is 12.4. The van der Waals surface area contributed by atoms with Gasteiger partial charge in [0.15, 0.2) is 5.90 Å². The van der Waals surface area contributed by atoms with E-state index in [0.717, 1.165) is 48.2 Å². The molecule has 0 heterocycles. The van der Waals surface area contributed by atoms with E-state index in [-0.39, 0.29) is 0 Å². The number of ether oxygens (including phenoxy) is 1. The van der Waals surface area contributed by atoms with E-state index in [2.05, 4.69) is 38.1 Å². The number of hydrogen-bond donors (Lipinski definition) is 1. The predicted octanol–water partition coefficient (Wildman–Crippen LogP) is 9.53. The highest BCUT2D eigenvalue weighted by molar-refractivity contribution is 5.78. The van der Waals surface area contributed by atoms with Gasteiger partial charge in [-0.2, -0.15) is 0 Å². The Morgan fingerprint density at radius 2 is 1.18 bits per heavy atom. The van der Waals surface area contributed by atoms with Gasteiger partial charge in [-0.1, -0.05) is 64.5 Å². The van der Waals surface area contributed by atoms with Crippen LogP contribution in [0.2, 0.25) is 0 Å². The molecular weight excluding hydrogens is 402 g/mol. The van der Waals surface area contributed by atoms with Crippen molar-refractivity contribution in [1.29, 1.82) is 5.41 Å². The Morgan fingerprint density at radius 1 is 0.697 bits per heavy atom. The highest BCUT2D eigenvalue weighted by Gasteiger charge is 2.32. The molecule has 3 aliphatic rings. The summed E-state index contributed by atoms with van der Waals surface area (Å²) in [7, 11) is 0. The summed E-state index contributed by atoms with van der Waals surface area (Å²) in [5.41, 5.74) is 1.47. The largest absolute Gasteiger partial charge is 0.443 e. The minimum Gasteiger partial charge on any atom is -0.443 e. The number of hydrogen-bond acceptors (Lipinski definition) is 2. The number of rotatable bonds is 8. The Morgan fingerprint density at radius 3 is 1.70 bits per heavy atom. The monoisotopic (exact) mass is 451 g/mol. The second-order valence-corrected chi connectivity index (χ2v) is 11.7. The maximum absolute atomic E-state index is 8.59. The van der Waals surface area contributed by atoms with Crippen molar-refractivity contribution in [2.45, 2.75) is 122 Å². The molecule has 0 atom stereocenters. The molecule has 0 saturated heterocycles. The van der Waals surface area contributed by atoms with Crippen molar-refractivity contribution in [2.75, 3.05) is 0 Å². The lowest BCUT2D eigenvalue weighted by atomic mass is 9.68. The van der Waals surface area contributed by atoms with Crippen molar-refractivity contribution in [3.05, 3.63) is 29.8 Å². The smallest absolute Gasteiger partial charge is 0.190 e. The molecule has 184 valence electrons. The van der Waals surface area contributed by atoms with E-state index in [1.165, 1.54) is 95.5 Å². The third-order valence-corrected chi connectivity index (χ3v) is 9.52. The van der Waals surface area contributed by atoms with Crippen molar-refractivity contribution in [3.63, 3.8) is 0 Å². The lowest BCUT2D eigenvalue weighted by Crippen LogP contribution is -2.29. The van der Waals surface area contributed by atoms with Gasteiger partial charge in [-0.3, -0.25) is 5.41 Å². The molecular formula is C31H49NO. The first-order valence-corrected chi connectivity index (χ1v) is 14.5. The number of nitrogens with one attached hydrogen (secondary N) is 1. The molecule has 0 spiro atoms. The van der Waals surface area contributed by atoms with Gasteiger partial charge >= 0.3 is 0 Å². The van der Waals surface area contributed by atoms with E-state index in [9.17, 15) is 0 Å². The third-order valence-electron chi connectivity index (χ3n) is 9.52. The maximum Gasteiger partial charge on any atom is 0.190 e. The van der Waals surface area contributed by atoms with E-state index in [4.69, 9.17) is 10.1 Å². The summed E-state index contributed by atoms with van der Waals surface area (Å²) in [5.74, 6) is 6.24. The van der Waals surface area contributed by atoms with E-state index < -0.39 is 0 Å². The summed E-state index contributed by atoms with van der Waals surface area (Å²) in [6, 6.07) is 8.75. The SMILES string of the molecule is CCCC1CCC(c2ccc(OC(=N)C3CCC(C4CCC(CCC)CC4)CC3)cc2)CC1. The summed E-state index contributed by atoms with van der Waals surface area (Å²) in [5, 5.41) is 8.59. The molecule has 0 aromatic heterocycles. The molecule has 2 nitrogen and oxygen atoms in total. The van der Waals surface area contributed by atoms with Gasteiger partial charge in [0, 0.05) is 5.92 Å². The van der Waals surface area contributed by atoms with Gasteiger partial charge < -0.3 is 4.74 Å². The van der Waals surface area contributed by atoms with Crippen molar-refractivity contribution in [1.82, 2.24) is 0 Å². The molecule has 1 aromatic rings. The normalized spacial score (nSPS) is 32.9.